The third kappa shape index (κ3) is 5.82. The maximum absolute atomic E-state index is 12.6. The van der Waals surface area contributed by atoms with Crippen LogP contribution in [-0.2, 0) is 11.3 Å². The van der Waals surface area contributed by atoms with Gasteiger partial charge in [0.25, 0.3) is 0 Å². The van der Waals surface area contributed by atoms with Crippen molar-refractivity contribution in [2.24, 2.45) is 0 Å². The smallest absolute Gasteiger partial charge is 0.221 e. The molecular formula is C13H17FN2O. The summed E-state index contributed by atoms with van der Waals surface area (Å²) in [6, 6.07) is 6.29. The lowest BCUT2D eigenvalue weighted by molar-refractivity contribution is -0.120. The Bertz CT molecular complexity index is 362. The quantitative estimate of drug-likeness (QED) is 0.558. The minimum absolute atomic E-state index is 0.00324. The van der Waals surface area contributed by atoms with Gasteiger partial charge in [0.2, 0.25) is 5.91 Å². The van der Waals surface area contributed by atoms with Crippen LogP contribution in [0.25, 0.3) is 0 Å². The van der Waals surface area contributed by atoms with Crippen molar-refractivity contribution in [3.8, 4) is 0 Å². The van der Waals surface area contributed by atoms with Crippen LogP contribution < -0.4 is 10.6 Å². The number of hydrogen-bond donors (Lipinski definition) is 2. The Balaban J connectivity index is 2.13. The van der Waals surface area contributed by atoms with Gasteiger partial charge in [0, 0.05) is 26.1 Å². The van der Waals surface area contributed by atoms with Crippen molar-refractivity contribution in [2.75, 3.05) is 13.1 Å². The predicted molar refractivity (Wildman–Crippen MR) is 65.9 cm³/mol. The Kier molecular flexibility index (Phi) is 5.96. The van der Waals surface area contributed by atoms with Gasteiger partial charge in [-0.25, -0.2) is 4.39 Å². The van der Waals surface area contributed by atoms with E-state index < -0.39 is 0 Å². The molecule has 1 aromatic rings. The number of halogens is 1. The molecule has 1 amide bonds. The Morgan fingerprint density at radius 1 is 1.35 bits per heavy atom. The molecule has 3 nitrogen and oxygen atoms in total. The van der Waals surface area contributed by atoms with Crippen molar-refractivity contribution in [3.63, 3.8) is 0 Å². The van der Waals surface area contributed by atoms with Gasteiger partial charge in [-0.1, -0.05) is 18.2 Å². The molecule has 4 heteroatoms. The van der Waals surface area contributed by atoms with Crippen LogP contribution in [0.3, 0.4) is 0 Å². The van der Waals surface area contributed by atoms with Crippen LogP contribution >= 0.6 is 0 Å². The van der Waals surface area contributed by atoms with Gasteiger partial charge in [-0.3, -0.25) is 4.79 Å². The number of nitrogens with one attached hydrogen (secondary N) is 2. The lowest BCUT2D eigenvalue weighted by Crippen LogP contribution is -2.27. The first-order chi connectivity index (χ1) is 8.22. The normalized spacial score (nSPS) is 9.94. The molecule has 0 bridgehead atoms. The van der Waals surface area contributed by atoms with Crippen LogP contribution in [0.15, 0.2) is 36.9 Å². The van der Waals surface area contributed by atoms with Gasteiger partial charge in [0.1, 0.15) is 5.82 Å². The summed E-state index contributed by atoms with van der Waals surface area (Å²) in [5, 5.41) is 5.81. The Morgan fingerprint density at radius 3 is 2.71 bits per heavy atom. The van der Waals surface area contributed by atoms with E-state index in [0.717, 1.165) is 5.56 Å². The first-order valence-corrected chi connectivity index (χ1v) is 5.55. The molecule has 0 aliphatic carbocycles. The van der Waals surface area contributed by atoms with E-state index in [2.05, 4.69) is 17.2 Å². The van der Waals surface area contributed by atoms with E-state index in [-0.39, 0.29) is 11.7 Å². The summed E-state index contributed by atoms with van der Waals surface area (Å²) in [5.74, 6) is -0.242. The molecule has 0 radical (unpaired) electrons. The molecule has 0 spiro atoms. The standard InChI is InChI=1S/C13H17FN2O/c1-2-8-16-13(17)7-9-15-10-11-3-5-12(14)6-4-11/h2-6,15H,1,7-10H2,(H,16,17). The van der Waals surface area contributed by atoms with E-state index in [9.17, 15) is 9.18 Å². The van der Waals surface area contributed by atoms with Crippen molar-refractivity contribution in [3.05, 3.63) is 48.3 Å². The van der Waals surface area contributed by atoms with Gasteiger partial charge in [0.05, 0.1) is 0 Å². The van der Waals surface area contributed by atoms with Crippen LogP contribution in [0.2, 0.25) is 0 Å². The highest BCUT2D eigenvalue weighted by molar-refractivity contribution is 5.76. The molecule has 0 unspecified atom stereocenters. The maximum atomic E-state index is 12.6. The van der Waals surface area contributed by atoms with Crippen molar-refractivity contribution < 1.29 is 9.18 Å². The summed E-state index contributed by atoms with van der Waals surface area (Å²) in [6.45, 7) is 5.24. The molecule has 0 saturated heterocycles. The number of hydrogen-bond acceptors (Lipinski definition) is 2. The van der Waals surface area contributed by atoms with E-state index in [1.807, 2.05) is 0 Å². The molecule has 0 saturated carbocycles. The van der Waals surface area contributed by atoms with Crippen molar-refractivity contribution in [2.45, 2.75) is 13.0 Å². The summed E-state index contributed by atoms with van der Waals surface area (Å²) in [7, 11) is 0. The van der Waals surface area contributed by atoms with Gasteiger partial charge in [-0.15, -0.1) is 6.58 Å². The molecule has 0 aromatic heterocycles. The van der Waals surface area contributed by atoms with E-state index in [4.69, 9.17) is 0 Å². The second-order valence-electron chi connectivity index (χ2n) is 3.65. The maximum Gasteiger partial charge on any atom is 0.221 e. The molecule has 2 N–H and O–H groups in total. The van der Waals surface area contributed by atoms with Crippen LogP contribution in [0, 0.1) is 5.82 Å². The molecule has 1 rings (SSSR count). The number of carbonyl (C=O) groups is 1. The molecule has 0 aliphatic rings. The Hall–Kier alpha value is -1.68. The highest BCUT2D eigenvalue weighted by Gasteiger charge is 1.99. The fourth-order valence-electron chi connectivity index (χ4n) is 1.31. The number of amides is 1. The molecule has 0 fully saturated rings. The number of rotatable bonds is 7. The lowest BCUT2D eigenvalue weighted by Gasteiger charge is -2.05. The third-order valence-corrected chi connectivity index (χ3v) is 2.21. The lowest BCUT2D eigenvalue weighted by atomic mass is 10.2. The number of benzene rings is 1. The summed E-state index contributed by atoms with van der Waals surface area (Å²) in [4.78, 5) is 11.2. The van der Waals surface area contributed by atoms with Gasteiger partial charge < -0.3 is 10.6 Å². The molecular weight excluding hydrogens is 219 g/mol. The fraction of sp³-hybridized carbons (Fsp3) is 0.308. The van der Waals surface area contributed by atoms with Gasteiger partial charge in [-0.05, 0) is 17.7 Å². The largest absolute Gasteiger partial charge is 0.353 e. The molecule has 0 atom stereocenters. The average molecular weight is 236 g/mol. The summed E-state index contributed by atoms with van der Waals surface area (Å²) in [6.07, 6.45) is 2.07. The summed E-state index contributed by atoms with van der Waals surface area (Å²) >= 11 is 0. The van der Waals surface area contributed by atoms with Crippen LogP contribution in [0.5, 0.6) is 0 Å². The zero-order chi connectivity index (χ0) is 12.5. The van der Waals surface area contributed by atoms with E-state index in [1.165, 1.54) is 12.1 Å². The first kappa shape index (κ1) is 13.4. The van der Waals surface area contributed by atoms with E-state index >= 15 is 0 Å². The number of carbonyl (C=O) groups excluding carboxylic acids is 1. The second-order valence-corrected chi connectivity index (χ2v) is 3.65. The highest BCUT2D eigenvalue weighted by Crippen LogP contribution is 2.01. The average Bonchev–Trinajstić information content (AvgIpc) is 2.34. The van der Waals surface area contributed by atoms with Crippen LogP contribution in [0.1, 0.15) is 12.0 Å². The molecule has 1 aromatic carbocycles. The second kappa shape index (κ2) is 7.57. The highest BCUT2D eigenvalue weighted by atomic mass is 19.1. The van der Waals surface area contributed by atoms with Gasteiger partial charge in [-0.2, -0.15) is 0 Å². The van der Waals surface area contributed by atoms with E-state index in [1.54, 1.807) is 18.2 Å². The topological polar surface area (TPSA) is 41.1 Å². The first-order valence-electron chi connectivity index (χ1n) is 5.55. The molecule has 17 heavy (non-hydrogen) atoms. The monoisotopic (exact) mass is 236 g/mol. The zero-order valence-electron chi connectivity index (χ0n) is 9.71. The summed E-state index contributed by atoms with van der Waals surface area (Å²) < 4.78 is 12.6. The molecule has 92 valence electrons. The van der Waals surface area contributed by atoms with Gasteiger partial charge in [0.15, 0.2) is 0 Å². The SMILES string of the molecule is C=CCNC(=O)CCNCc1ccc(F)cc1. The molecule has 0 heterocycles. The minimum atomic E-state index is -0.238. The van der Waals surface area contributed by atoms with Crippen LogP contribution in [-0.4, -0.2) is 19.0 Å². The van der Waals surface area contributed by atoms with Gasteiger partial charge >= 0.3 is 0 Å². The fourth-order valence-corrected chi connectivity index (χ4v) is 1.31. The Morgan fingerprint density at radius 2 is 2.06 bits per heavy atom. The van der Waals surface area contributed by atoms with Crippen LogP contribution in [0.4, 0.5) is 4.39 Å². The zero-order valence-corrected chi connectivity index (χ0v) is 9.71. The Labute approximate surface area is 101 Å². The van der Waals surface area contributed by atoms with Crippen molar-refractivity contribution in [1.82, 2.24) is 10.6 Å². The van der Waals surface area contributed by atoms with E-state index in [0.29, 0.717) is 26.1 Å². The predicted octanol–water partition coefficient (Wildman–Crippen LogP) is 1.61. The minimum Gasteiger partial charge on any atom is -0.353 e. The third-order valence-electron chi connectivity index (χ3n) is 2.21. The van der Waals surface area contributed by atoms with Crippen molar-refractivity contribution in [1.29, 1.82) is 0 Å². The molecule has 0 aliphatic heterocycles. The van der Waals surface area contributed by atoms with Crippen molar-refractivity contribution >= 4 is 5.91 Å². The summed E-state index contributed by atoms with van der Waals surface area (Å²) in [5.41, 5.74) is 0.998.